The van der Waals surface area contributed by atoms with Crippen LogP contribution in [-0.4, -0.2) is 16.7 Å². The van der Waals surface area contributed by atoms with E-state index in [1.165, 1.54) is 0 Å². The molecule has 0 spiro atoms. The summed E-state index contributed by atoms with van der Waals surface area (Å²) in [4.78, 5) is 20.3. The number of rotatable bonds is 3. The van der Waals surface area contributed by atoms with Crippen LogP contribution in [0.2, 0.25) is 0 Å². The first-order chi connectivity index (χ1) is 5.37. The molecule has 0 rings (SSSR count). The van der Waals surface area contributed by atoms with E-state index in [0.29, 0.717) is 6.42 Å². The summed E-state index contributed by atoms with van der Waals surface area (Å²) in [6.45, 7) is 5.11. The summed E-state index contributed by atoms with van der Waals surface area (Å²) in [6.07, 6.45) is -0.585. The van der Waals surface area contributed by atoms with Gasteiger partial charge in [0.15, 0.2) is 0 Å². The van der Waals surface area contributed by atoms with Crippen molar-refractivity contribution < 1.29 is 14.6 Å². The molecule has 0 aliphatic heterocycles. The minimum Gasteiger partial charge on any atom is -0.469 e. The SMILES string of the molecule is CCC(C)(C)OC(=O)[N-][N+](=O)[O-]. The van der Waals surface area contributed by atoms with Gasteiger partial charge in [0, 0.05) is 0 Å². The Morgan fingerprint density at radius 3 is 2.50 bits per heavy atom. The van der Waals surface area contributed by atoms with Gasteiger partial charge in [-0.15, -0.1) is 0 Å². The van der Waals surface area contributed by atoms with Crippen molar-refractivity contribution >= 4 is 6.09 Å². The van der Waals surface area contributed by atoms with Gasteiger partial charge in [0.25, 0.3) is 6.09 Å². The van der Waals surface area contributed by atoms with Crippen LogP contribution in [0, 0.1) is 10.1 Å². The third-order valence-corrected chi connectivity index (χ3v) is 1.38. The summed E-state index contributed by atoms with van der Waals surface area (Å²) in [5.41, 5.74) is 1.77. The molecule has 0 aliphatic carbocycles. The lowest BCUT2D eigenvalue weighted by atomic mass is 10.1. The molecule has 0 aromatic heterocycles. The van der Waals surface area contributed by atoms with Crippen molar-refractivity contribution in [1.29, 1.82) is 0 Å². The molecule has 0 atom stereocenters. The lowest BCUT2D eigenvalue weighted by molar-refractivity contribution is -0.420. The molecule has 0 fully saturated rings. The Labute approximate surface area is 70.0 Å². The average molecular weight is 175 g/mol. The maximum atomic E-state index is 10.6. The molecule has 0 aromatic rings. The first-order valence-corrected chi connectivity index (χ1v) is 3.46. The molecule has 0 saturated carbocycles. The second-order valence-corrected chi connectivity index (χ2v) is 2.82. The standard InChI is InChI=1S/C6H12N2O4/c1-4-6(2,3)12-5(9)7-8(10)11/h4H2,1-3H3,(H,7,9)/p-1. The predicted molar refractivity (Wildman–Crippen MR) is 41.2 cm³/mol. The summed E-state index contributed by atoms with van der Waals surface area (Å²) in [7, 11) is 0. The Bertz CT molecular complexity index is 190. The first-order valence-electron chi connectivity index (χ1n) is 3.46. The summed E-state index contributed by atoms with van der Waals surface area (Å²) in [6, 6.07) is 0. The average Bonchev–Trinajstić information content (AvgIpc) is 1.84. The van der Waals surface area contributed by atoms with E-state index in [-0.39, 0.29) is 0 Å². The van der Waals surface area contributed by atoms with Crippen molar-refractivity contribution in [2.75, 3.05) is 0 Å². The van der Waals surface area contributed by atoms with Crippen LogP contribution in [0.15, 0.2) is 0 Å². The molecule has 0 radical (unpaired) electrons. The molecule has 70 valence electrons. The van der Waals surface area contributed by atoms with Gasteiger partial charge < -0.3 is 4.74 Å². The minimum absolute atomic E-state index is 0.575. The van der Waals surface area contributed by atoms with Crippen LogP contribution in [0.25, 0.3) is 5.43 Å². The van der Waals surface area contributed by atoms with Crippen molar-refractivity contribution in [3.8, 4) is 0 Å². The number of carbonyl (C=O) groups excluding carboxylic acids is 1. The van der Waals surface area contributed by atoms with E-state index in [9.17, 15) is 14.9 Å². The van der Waals surface area contributed by atoms with Gasteiger partial charge in [-0.05, 0) is 25.3 Å². The van der Waals surface area contributed by atoms with E-state index >= 15 is 0 Å². The Morgan fingerprint density at radius 2 is 2.17 bits per heavy atom. The van der Waals surface area contributed by atoms with Crippen LogP contribution in [0.4, 0.5) is 4.79 Å². The summed E-state index contributed by atoms with van der Waals surface area (Å²) >= 11 is 0. The predicted octanol–water partition coefficient (Wildman–Crippen LogP) is 1.88. The minimum atomic E-state index is -1.16. The summed E-state index contributed by atoms with van der Waals surface area (Å²) in [5.74, 6) is 0. The highest BCUT2D eigenvalue weighted by atomic mass is 16.7. The van der Waals surface area contributed by atoms with Crippen molar-refractivity contribution in [3.05, 3.63) is 15.5 Å². The zero-order valence-corrected chi connectivity index (χ0v) is 7.23. The molecule has 0 heterocycles. The number of nitrogens with zero attached hydrogens (tertiary/aromatic N) is 2. The van der Waals surface area contributed by atoms with Crippen LogP contribution in [0.3, 0.4) is 0 Å². The van der Waals surface area contributed by atoms with Crippen LogP contribution < -0.4 is 0 Å². The molecule has 0 aromatic carbocycles. The normalized spacial score (nSPS) is 10.6. The fourth-order valence-corrected chi connectivity index (χ4v) is 0.396. The fraction of sp³-hybridized carbons (Fsp3) is 0.833. The number of hydrogen-bond acceptors (Lipinski definition) is 4. The largest absolute Gasteiger partial charge is 0.469 e. The van der Waals surface area contributed by atoms with Gasteiger partial charge in [0.1, 0.15) is 5.60 Å². The topological polar surface area (TPSA) is 83.5 Å². The van der Waals surface area contributed by atoms with Gasteiger partial charge in [-0.25, -0.2) is 0 Å². The summed E-state index contributed by atoms with van der Waals surface area (Å²) < 4.78 is 4.65. The quantitative estimate of drug-likeness (QED) is 0.484. The first kappa shape index (κ1) is 10.7. The second-order valence-electron chi connectivity index (χ2n) is 2.82. The van der Waals surface area contributed by atoms with Crippen molar-refractivity contribution in [1.82, 2.24) is 0 Å². The zero-order valence-electron chi connectivity index (χ0n) is 7.23. The Hall–Kier alpha value is -1.33. The highest BCUT2D eigenvalue weighted by molar-refractivity contribution is 5.79. The smallest absolute Gasteiger partial charge is 0.287 e. The fourth-order valence-electron chi connectivity index (χ4n) is 0.396. The van der Waals surface area contributed by atoms with E-state index in [4.69, 9.17) is 0 Å². The second kappa shape index (κ2) is 3.89. The van der Waals surface area contributed by atoms with E-state index < -0.39 is 16.7 Å². The number of ether oxygens (including phenoxy) is 1. The highest BCUT2D eigenvalue weighted by Crippen LogP contribution is 2.15. The van der Waals surface area contributed by atoms with Crippen LogP contribution in [0.5, 0.6) is 0 Å². The molecule has 0 N–H and O–H groups in total. The molecule has 0 unspecified atom stereocenters. The van der Waals surface area contributed by atoms with Gasteiger partial charge in [-0.2, -0.15) is 0 Å². The van der Waals surface area contributed by atoms with E-state index in [0.717, 1.165) is 0 Å². The van der Waals surface area contributed by atoms with Crippen molar-refractivity contribution in [3.63, 3.8) is 0 Å². The number of amides is 1. The zero-order chi connectivity index (χ0) is 9.78. The lowest BCUT2D eigenvalue weighted by Gasteiger charge is -2.25. The Kier molecular flexibility index (Phi) is 3.46. The van der Waals surface area contributed by atoms with Crippen molar-refractivity contribution in [2.24, 2.45) is 0 Å². The number of nitro groups is 1. The number of carbonyl (C=O) groups is 1. The molecule has 0 aliphatic rings. The molecule has 6 nitrogen and oxygen atoms in total. The van der Waals surface area contributed by atoms with Gasteiger partial charge in [0.05, 0.1) is 0 Å². The molecule has 6 heteroatoms. The Morgan fingerprint density at radius 1 is 1.67 bits per heavy atom. The van der Waals surface area contributed by atoms with E-state index in [1.54, 1.807) is 20.8 Å². The number of hydrogen-bond donors (Lipinski definition) is 0. The maximum absolute atomic E-state index is 10.6. The van der Waals surface area contributed by atoms with Gasteiger partial charge >= 0.3 is 0 Å². The summed E-state index contributed by atoms with van der Waals surface area (Å²) in [5, 5.41) is 8.65. The van der Waals surface area contributed by atoms with Crippen LogP contribution >= 0.6 is 0 Å². The van der Waals surface area contributed by atoms with Crippen LogP contribution in [-0.2, 0) is 4.74 Å². The van der Waals surface area contributed by atoms with Gasteiger partial charge in [-0.1, -0.05) is 6.92 Å². The molecule has 1 amide bonds. The molecule has 0 saturated heterocycles. The monoisotopic (exact) mass is 175 g/mol. The van der Waals surface area contributed by atoms with E-state index in [1.807, 2.05) is 0 Å². The van der Waals surface area contributed by atoms with Gasteiger partial charge in [-0.3, -0.25) is 20.3 Å². The Balaban J connectivity index is 3.92. The molecule has 0 bridgehead atoms. The third-order valence-electron chi connectivity index (χ3n) is 1.38. The third kappa shape index (κ3) is 4.48. The highest BCUT2D eigenvalue weighted by Gasteiger charge is 2.17. The van der Waals surface area contributed by atoms with E-state index in [2.05, 4.69) is 10.2 Å². The molecule has 12 heavy (non-hydrogen) atoms. The molecular weight excluding hydrogens is 164 g/mol. The van der Waals surface area contributed by atoms with Crippen molar-refractivity contribution in [2.45, 2.75) is 32.8 Å². The lowest BCUT2D eigenvalue weighted by Crippen LogP contribution is -2.26. The van der Waals surface area contributed by atoms with Crippen LogP contribution in [0.1, 0.15) is 27.2 Å². The maximum Gasteiger partial charge on any atom is 0.287 e. The molecular formula is C6H11N2O4-. The van der Waals surface area contributed by atoms with Gasteiger partial charge in [0.2, 0.25) is 0 Å².